The number of aromatic nitrogens is 2. The van der Waals surface area contributed by atoms with Gasteiger partial charge in [0.2, 0.25) is 0 Å². The van der Waals surface area contributed by atoms with Gasteiger partial charge in [-0.15, -0.1) is 0 Å². The molecule has 0 saturated carbocycles. The van der Waals surface area contributed by atoms with Crippen LogP contribution in [-0.4, -0.2) is 49.2 Å². The SMILES string of the molecule is COC(=O)CN(CC(=O)OC)c1cnccn1. The summed E-state index contributed by atoms with van der Waals surface area (Å²) in [5.74, 6) is -0.539. The highest BCUT2D eigenvalue weighted by Gasteiger charge is 2.16. The molecule has 0 saturated heterocycles. The highest BCUT2D eigenvalue weighted by molar-refractivity contribution is 5.80. The predicted molar refractivity (Wildman–Crippen MR) is 58.3 cm³/mol. The van der Waals surface area contributed by atoms with E-state index in [2.05, 4.69) is 19.4 Å². The lowest BCUT2D eigenvalue weighted by Crippen LogP contribution is -2.36. The number of anilines is 1. The Kier molecular flexibility index (Phi) is 4.86. The minimum absolute atomic E-state index is 0.0930. The first kappa shape index (κ1) is 12.9. The van der Waals surface area contributed by atoms with Crippen molar-refractivity contribution in [2.75, 3.05) is 32.2 Å². The molecule has 1 aromatic rings. The van der Waals surface area contributed by atoms with E-state index in [1.807, 2.05) is 0 Å². The Hall–Kier alpha value is -2.18. The molecular weight excluding hydrogens is 226 g/mol. The molecule has 1 heterocycles. The van der Waals surface area contributed by atoms with Gasteiger partial charge in [0.25, 0.3) is 0 Å². The van der Waals surface area contributed by atoms with Crippen molar-refractivity contribution in [3.8, 4) is 0 Å². The normalized spacial score (nSPS) is 9.53. The molecule has 0 amide bonds. The van der Waals surface area contributed by atoms with Gasteiger partial charge in [0.05, 0.1) is 20.4 Å². The van der Waals surface area contributed by atoms with E-state index >= 15 is 0 Å². The van der Waals surface area contributed by atoms with Crippen molar-refractivity contribution in [3.63, 3.8) is 0 Å². The van der Waals surface area contributed by atoms with Crippen LogP contribution in [0.2, 0.25) is 0 Å². The first-order chi connectivity index (χ1) is 8.17. The number of hydrogen-bond donors (Lipinski definition) is 0. The standard InChI is InChI=1S/C10H13N3O4/c1-16-9(14)6-13(7-10(15)17-2)8-5-11-3-4-12-8/h3-5H,6-7H2,1-2H3. The summed E-state index contributed by atoms with van der Waals surface area (Å²) in [6, 6.07) is 0. The fourth-order valence-corrected chi connectivity index (χ4v) is 1.11. The summed E-state index contributed by atoms with van der Waals surface area (Å²) in [7, 11) is 2.55. The number of carbonyl (C=O) groups excluding carboxylic acids is 2. The van der Waals surface area contributed by atoms with Crippen LogP contribution in [0.3, 0.4) is 0 Å². The third-order valence-electron chi connectivity index (χ3n) is 1.97. The second kappa shape index (κ2) is 6.41. The number of methoxy groups -OCH3 is 2. The van der Waals surface area contributed by atoms with Crippen molar-refractivity contribution in [3.05, 3.63) is 18.6 Å². The van der Waals surface area contributed by atoms with Gasteiger partial charge in [-0.05, 0) is 0 Å². The zero-order valence-electron chi connectivity index (χ0n) is 9.62. The van der Waals surface area contributed by atoms with Gasteiger partial charge in [0.1, 0.15) is 18.9 Å². The molecule has 1 aromatic heterocycles. The average molecular weight is 239 g/mol. The summed E-state index contributed by atoms with van der Waals surface area (Å²) >= 11 is 0. The lowest BCUT2D eigenvalue weighted by Gasteiger charge is -2.20. The molecule has 7 heteroatoms. The number of esters is 2. The molecule has 0 aliphatic carbocycles. The molecule has 0 atom stereocenters. The van der Waals surface area contributed by atoms with Crippen molar-refractivity contribution < 1.29 is 19.1 Å². The zero-order valence-corrected chi connectivity index (χ0v) is 9.62. The number of rotatable bonds is 5. The topological polar surface area (TPSA) is 81.6 Å². The highest BCUT2D eigenvalue weighted by atomic mass is 16.5. The summed E-state index contributed by atoms with van der Waals surface area (Å²) < 4.78 is 9.07. The van der Waals surface area contributed by atoms with Crippen molar-refractivity contribution in [2.45, 2.75) is 0 Å². The van der Waals surface area contributed by atoms with E-state index in [9.17, 15) is 9.59 Å². The second-order valence-corrected chi connectivity index (χ2v) is 3.07. The molecule has 7 nitrogen and oxygen atoms in total. The van der Waals surface area contributed by atoms with Crippen LogP contribution in [0.15, 0.2) is 18.6 Å². The van der Waals surface area contributed by atoms with Gasteiger partial charge in [-0.2, -0.15) is 0 Å². The van der Waals surface area contributed by atoms with Crippen LogP contribution < -0.4 is 4.90 Å². The Morgan fingerprint density at radius 1 is 1.18 bits per heavy atom. The first-order valence-electron chi connectivity index (χ1n) is 4.82. The van der Waals surface area contributed by atoms with Gasteiger partial charge in [0, 0.05) is 12.4 Å². The van der Waals surface area contributed by atoms with Crippen molar-refractivity contribution in [1.82, 2.24) is 9.97 Å². The largest absolute Gasteiger partial charge is 0.468 e. The van der Waals surface area contributed by atoms with Gasteiger partial charge in [-0.25, -0.2) is 4.98 Å². The molecule has 17 heavy (non-hydrogen) atoms. The van der Waals surface area contributed by atoms with E-state index in [0.29, 0.717) is 5.82 Å². The average Bonchev–Trinajstić information content (AvgIpc) is 2.38. The van der Waals surface area contributed by atoms with E-state index in [0.717, 1.165) is 0 Å². The number of carbonyl (C=O) groups is 2. The summed E-state index contributed by atoms with van der Waals surface area (Å²) in [6.07, 6.45) is 4.42. The van der Waals surface area contributed by atoms with Crippen LogP contribution in [-0.2, 0) is 19.1 Å². The van der Waals surface area contributed by atoms with Crippen molar-refractivity contribution in [2.24, 2.45) is 0 Å². The summed E-state index contributed by atoms with van der Waals surface area (Å²) in [4.78, 5) is 31.7. The summed E-state index contributed by atoms with van der Waals surface area (Å²) in [5.41, 5.74) is 0. The Morgan fingerprint density at radius 2 is 1.76 bits per heavy atom. The molecule has 0 spiro atoms. The molecule has 0 radical (unpaired) electrons. The third kappa shape index (κ3) is 4.06. The summed E-state index contributed by atoms with van der Waals surface area (Å²) in [6.45, 7) is -0.186. The molecule has 0 bridgehead atoms. The highest BCUT2D eigenvalue weighted by Crippen LogP contribution is 2.07. The number of ether oxygens (including phenoxy) is 2. The first-order valence-corrected chi connectivity index (χ1v) is 4.82. The fourth-order valence-electron chi connectivity index (χ4n) is 1.11. The van der Waals surface area contributed by atoms with Crippen LogP contribution in [0.25, 0.3) is 0 Å². The second-order valence-electron chi connectivity index (χ2n) is 3.07. The molecule has 0 aliphatic heterocycles. The third-order valence-corrected chi connectivity index (χ3v) is 1.97. The van der Waals surface area contributed by atoms with E-state index in [4.69, 9.17) is 0 Å². The lowest BCUT2D eigenvalue weighted by molar-refractivity contribution is -0.140. The smallest absolute Gasteiger partial charge is 0.325 e. The van der Waals surface area contributed by atoms with E-state index in [1.54, 1.807) is 0 Å². The quantitative estimate of drug-likeness (QED) is 0.648. The van der Waals surface area contributed by atoms with E-state index in [1.165, 1.54) is 37.7 Å². The minimum Gasteiger partial charge on any atom is -0.468 e. The number of hydrogen-bond acceptors (Lipinski definition) is 7. The van der Waals surface area contributed by atoms with Gasteiger partial charge in [-0.3, -0.25) is 14.6 Å². The van der Waals surface area contributed by atoms with Crippen molar-refractivity contribution >= 4 is 17.8 Å². The van der Waals surface area contributed by atoms with Crippen molar-refractivity contribution in [1.29, 1.82) is 0 Å². The monoisotopic (exact) mass is 239 g/mol. The van der Waals surface area contributed by atoms with Crippen LogP contribution in [0.1, 0.15) is 0 Å². The van der Waals surface area contributed by atoms with E-state index in [-0.39, 0.29) is 13.1 Å². The van der Waals surface area contributed by atoms with E-state index < -0.39 is 11.9 Å². The van der Waals surface area contributed by atoms with Gasteiger partial charge < -0.3 is 14.4 Å². The van der Waals surface area contributed by atoms with Gasteiger partial charge >= 0.3 is 11.9 Å². The Balaban J connectivity index is 2.79. The maximum atomic E-state index is 11.2. The minimum atomic E-state index is -0.473. The molecule has 0 aromatic carbocycles. The molecular formula is C10H13N3O4. The molecule has 0 N–H and O–H groups in total. The molecule has 0 fully saturated rings. The maximum absolute atomic E-state index is 11.2. The molecule has 1 rings (SSSR count). The lowest BCUT2D eigenvalue weighted by atomic mass is 10.4. The molecule has 92 valence electrons. The summed E-state index contributed by atoms with van der Waals surface area (Å²) in [5, 5.41) is 0. The van der Waals surface area contributed by atoms with Crippen LogP contribution in [0.4, 0.5) is 5.82 Å². The van der Waals surface area contributed by atoms with Gasteiger partial charge in [-0.1, -0.05) is 0 Å². The molecule has 0 aliphatic rings. The van der Waals surface area contributed by atoms with Gasteiger partial charge in [0.15, 0.2) is 0 Å². The predicted octanol–water partition coefficient (Wildman–Crippen LogP) is -0.371. The number of nitrogens with zero attached hydrogens (tertiary/aromatic N) is 3. The Labute approximate surface area is 98.4 Å². The fraction of sp³-hybridized carbons (Fsp3) is 0.400. The van der Waals surface area contributed by atoms with Crippen LogP contribution >= 0.6 is 0 Å². The Bertz CT molecular complexity index is 364. The van der Waals surface area contributed by atoms with Crippen LogP contribution in [0.5, 0.6) is 0 Å². The maximum Gasteiger partial charge on any atom is 0.325 e. The molecule has 0 unspecified atom stereocenters. The Morgan fingerprint density at radius 3 is 2.18 bits per heavy atom. The zero-order chi connectivity index (χ0) is 12.7. The van der Waals surface area contributed by atoms with Crippen LogP contribution in [0, 0.1) is 0 Å².